The van der Waals surface area contributed by atoms with E-state index in [1.807, 2.05) is 147 Å². The van der Waals surface area contributed by atoms with Gasteiger partial charge in [-0.05, 0) is 80.4 Å². The second kappa shape index (κ2) is 38.0. The summed E-state index contributed by atoms with van der Waals surface area (Å²) in [5, 5.41) is 0. The SMILES string of the molecule is CCC(C)CN=Cc1ccccn1.CCN=Cc1ccccn1.CN=C(C(=NC)c1ccccc1)c1ccccc1.CN=C(C)c1ccccn1.CN=Cc1ccccn1.CN=Cc1ccccn1. The van der Waals surface area contributed by atoms with Crippen LogP contribution in [-0.2, 0) is 0 Å². The Morgan fingerprint density at radius 1 is 0.435 bits per heavy atom. The Balaban J connectivity index is 0.000000290. The molecule has 0 bridgehead atoms. The summed E-state index contributed by atoms with van der Waals surface area (Å²) in [6.45, 7) is 10.0. The van der Waals surface area contributed by atoms with Crippen molar-refractivity contribution in [3.05, 3.63) is 222 Å². The number of hydrogen-bond donors (Lipinski definition) is 0. The summed E-state index contributed by atoms with van der Waals surface area (Å²) in [4.78, 5) is 49.2. The van der Waals surface area contributed by atoms with Gasteiger partial charge in [-0.15, -0.1) is 0 Å². The average molecular weight is 921 g/mol. The fourth-order valence-corrected chi connectivity index (χ4v) is 5.34. The third-order valence-corrected chi connectivity index (χ3v) is 9.15. The molecule has 0 amide bonds. The Hall–Kier alpha value is -8.12. The first-order chi connectivity index (χ1) is 33.8. The van der Waals surface area contributed by atoms with Crippen LogP contribution >= 0.6 is 0 Å². The van der Waals surface area contributed by atoms with Gasteiger partial charge in [-0.1, -0.05) is 111 Å². The van der Waals surface area contributed by atoms with Crippen LogP contribution in [-0.4, -0.2) is 115 Å². The van der Waals surface area contributed by atoms with Crippen LogP contribution in [0.2, 0.25) is 0 Å². The van der Waals surface area contributed by atoms with Gasteiger partial charge in [-0.3, -0.25) is 59.9 Å². The van der Waals surface area contributed by atoms with Crippen LogP contribution in [0.5, 0.6) is 0 Å². The van der Waals surface area contributed by atoms with Crippen LogP contribution in [0.3, 0.4) is 0 Å². The highest BCUT2D eigenvalue weighted by atomic mass is 14.8. The minimum Gasteiger partial charge on any atom is -0.294 e. The number of aromatic nitrogens is 5. The minimum absolute atomic E-state index is 0.667. The third kappa shape index (κ3) is 26.0. The van der Waals surface area contributed by atoms with Gasteiger partial charge in [0.1, 0.15) is 0 Å². The minimum atomic E-state index is 0.667. The van der Waals surface area contributed by atoms with Gasteiger partial charge < -0.3 is 0 Å². The van der Waals surface area contributed by atoms with E-state index in [-0.39, 0.29) is 0 Å². The smallest absolute Gasteiger partial charge is 0.0901 e. The largest absolute Gasteiger partial charge is 0.294 e. The van der Waals surface area contributed by atoms with Gasteiger partial charge in [-0.25, -0.2) is 0 Å². The highest BCUT2D eigenvalue weighted by Crippen LogP contribution is 2.10. The van der Waals surface area contributed by atoms with Crippen LogP contribution in [0.4, 0.5) is 0 Å². The number of aliphatic imine (C=N–C) groups is 7. The molecule has 0 N–H and O–H groups in total. The summed E-state index contributed by atoms with van der Waals surface area (Å²) >= 11 is 0. The van der Waals surface area contributed by atoms with E-state index in [1.165, 1.54) is 6.42 Å². The van der Waals surface area contributed by atoms with E-state index >= 15 is 0 Å². The summed E-state index contributed by atoms with van der Waals surface area (Å²) in [5.74, 6) is 0.667. The molecule has 5 heterocycles. The Morgan fingerprint density at radius 2 is 0.797 bits per heavy atom. The molecule has 7 aromatic rings. The maximum absolute atomic E-state index is 4.39. The van der Waals surface area contributed by atoms with Crippen LogP contribution in [0, 0.1) is 5.92 Å². The first-order valence-electron chi connectivity index (χ1n) is 22.7. The van der Waals surface area contributed by atoms with Crippen molar-refractivity contribution in [1.82, 2.24) is 24.9 Å². The van der Waals surface area contributed by atoms with Crippen molar-refractivity contribution in [3.63, 3.8) is 0 Å². The van der Waals surface area contributed by atoms with Gasteiger partial charge in [-0.2, -0.15) is 0 Å². The maximum Gasteiger partial charge on any atom is 0.0901 e. The van der Waals surface area contributed by atoms with Gasteiger partial charge in [0.2, 0.25) is 0 Å². The normalized spacial score (nSPS) is 11.7. The first-order valence-corrected chi connectivity index (χ1v) is 22.7. The first kappa shape index (κ1) is 57.0. The molecule has 12 nitrogen and oxygen atoms in total. The summed E-state index contributed by atoms with van der Waals surface area (Å²) in [7, 11) is 8.83. The maximum atomic E-state index is 4.39. The molecule has 0 fully saturated rings. The Morgan fingerprint density at radius 3 is 1.10 bits per heavy atom. The molecule has 0 aliphatic rings. The van der Waals surface area contributed by atoms with E-state index in [0.29, 0.717) is 5.92 Å². The number of hydrogen-bond acceptors (Lipinski definition) is 12. The monoisotopic (exact) mass is 921 g/mol. The lowest BCUT2D eigenvalue weighted by Crippen LogP contribution is -2.17. The molecular formula is C57H68N12. The van der Waals surface area contributed by atoms with Gasteiger partial charge in [0.05, 0.1) is 45.6 Å². The third-order valence-electron chi connectivity index (χ3n) is 9.15. The number of pyridine rings is 5. The van der Waals surface area contributed by atoms with Gasteiger partial charge in [0, 0.05) is 115 Å². The highest BCUT2D eigenvalue weighted by Gasteiger charge is 2.12. The van der Waals surface area contributed by atoms with E-state index in [0.717, 1.165) is 69.8 Å². The van der Waals surface area contributed by atoms with Crippen LogP contribution in [0.15, 0.2) is 218 Å². The molecule has 0 radical (unpaired) electrons. The van der Waals surface area contributed by atoms with Crippen molar-refractivity contribution in [2.24, 2.45) is 40.9 Å². The van der Waals surface area contributed by atoms with E-state index in [4.69, 9.17) is 0 Å². The molecule has 7 rings (SSSR count). The fraction of sp³-hybridized carbons (Fsp3) is 0.228. The predicted molar refractivity (Wildman–Crippen MR) is 294 cm³/mol. The van der Waals surface area contributed by atoms with Crippen LogP contribution in [0.25, 0.3) is 0 Å². The van der Waals surface area contributed by atoms with Crippen molar-refractivity contribution < 1.29 is 0 Å². The standard InChI is InChI=1S/C16H16N2.C11H16N2.2C8H10N2.2C7H8N2/c1-17-15(13-9-5-3-6-10-13)16(18-2)14-11-7-4-8-12-14;1-3-10(2)8-12-9-11-6-4-5-7-13-11;1-7(9-2)8-5-3-4-6-10-8;1-2-9-7-8-5-3-4-6-10-8;2*1-8-6-7-4-2-3-5-9-7/h3-12H,1-2H3;4-7,9-10H,3,8H2,1-2H3;3-6H,1-2H3;3-7H,2H2,1H3;2*2-6H,1H3. The molecule has 1 atom stereocenters. The molecule has 5 aromatic heterocycles. The summed E-state index contributed by atoms with van der Waals surface area (Å²) in [6, 6.07) is 49.1. The van der Waals surface area contributed by atoms with Gasteiger partial charge >= 0.3 is 0 Å². The Bertz CT molecular complexity index is 2430. The van der Waals surface area contributed by atoms with Crippen LogP contribution < -0.4 is 0 Å². The molecule has 69 heavy (non-hydrogen) atoms. The van der Waals surface area contributed by atoms with Crippen molar-refractivity contribution in [2.45, 2.75) is 34.1 Å². The zero-order valence-electron chi connectivity index (χ0n) is 41.7. The lowest BCUT2D eigenvalue weighted by Gasteiger charge is -2.09. The van der Waals surface area contributed by atoms with E-state index in [9.17, 15) is 0 Å². The molecule has 0 saturated carbocycles. The predicted octanol–water partition coefficient (Wildman–Crippen LogP) is 11.1. The van der Waals surface area contributed by atoms with Crippen molar-refractivity contribution in [3.8, 4) is 0 Å². The molecule has 1 unspecified atom stereocenters. The molecular weight excluding hydrogens is 853 g/mol. The zero-order chi connectivity index (χ0) is 50.0. The van der Waals surface area contributed by atoms with Crippen molar-refractivity contribution in [2.75, 3.05) is 48.3 Å². The number of rotatable bonds is 12. The number of benzene rings is 2. The molecule has 2 aromatic carbocycles. The number of nitrogens with zero attached hydrogens (tertiary/aromatic N) is 12. The molecule has 0 aliphatic carbocycles. The van der Waals surface area contributed by atoms with E-state index in [1.54, 1.807) is 84.9 Å². The molecule has 0 saturated heterocycles. The van der Waals surface area contributed by atoms with Crippen molar-refractivity contribution >= 4 is 42.0 Å². The summed E-state index contributed by atoms with van der Waals surface area (Å²) < 4.78 is 0. The van der Waals surface area contributed by atoms with Crippen LogP contribution in [0.1, 0.15) is 73.7 Å². The zero-order valence-corrected chi connectivity index (χ0v) is 41.7. The highest BCUT2D eigenvalue weighted by molar-refractivity contribution is 6.53. The summed E-state index contributed by atoms with van der Waals surface area (Å²) in [5.41, 5.74) is 9.60. The van der Waals surface area contributed by atoms with E-state index in [2.05, 4.69) is 98.0 Å². The van der Waals surface area contributed by atoms with Gasteiger partial charge in [0.25, 0.3) is 0 Å². The van der Waals surface area contributed by atoms with Gasteiger partial charge in [0.15, 0.2) is 0 Å². The Kier molecular flexibility index (Phi) is 31.4. The topological polar surface area (TPSA) is 151 Å². The summed E-state index contributed by atoms with van der Waals surface area (Å²) in [6.07, 6.45) is 17.0. The van der Waals surface area contributed by atoms with Crippen molar-refractivity contribution in [1.29, 1.82) is 0 Å². The molecule has 356 valence electrons. The average Bonchev–Trinajstić information content (AvgIpc) is 3.42. The molecule has 0 spiro atoms. The fourth-order valence-electron chi connectivity index (χ4n) is 5.34. The van der Waals surface area contributed by atoms with E-state index < -0.39 is 0 Å². The lowest BCUT2D eigenvalue weighted by molar-refractivity contribution is 0.578. The second-order valence-corrected chi connectivity index (χ2v) is 14.3. The lowest BCUT2D eigenvalue weighted by atomic mass is 10.00. The molecule has 0 aliphatic heterocycles. The second-order valence-electron chi connectivity index (χ2n) is 14.3. The Labute approximate surface area is 410 Å². The molecule has 12 heteroatoms. The quantitative estimate of drug-likeness (QED) is 0.112.